The average Bonchev–Trinajstić information content (AvgIpc) is 3.95. The third kappa shape index (κ3) is 13.6. The van der Waals surface area contributed by atoms with Crippen LogP contribution >= 0.6 is 0 Å². The molecule has 0 unspecified atom stereocenters. The Morgan fingerprint density at radius 2 is 0.573 bits per heavy atom. The molecular formula is C70H95NO4. The van der Waals surface area contributed by atoms with Gasteiger partial charge in [0, 0.05) is 66.2 Å². The number of ether oxygens (including phenoxy) is 1. The molecule has 1 aliphatic heterocycles. The lowest BCUT2D eigenvalue weighted by Crippen LogP contribution is -2.23. The van der Waals surface area contributed by atoms with Gasteiger partial charge in [0.1, 0.15) is 17.2 Å². The Morgan fingerprint density at radius 3 is 0.747 bits per heavy atom. The second-order valence-electron chi connectivity index (χ2n) is 24.5. The number of benzene rings is 6. The van der Waals surface area contributed by atoms with E-state index in [0.29, 0.717) is 37.4 Å². The van der Waals surface area contributed by atoms with Gasteiger partial charge in [0.15, 0.2) is 0 Å². The van der Waals surface area contributed by atoms with Crippen molar-refractivity contribution in [2.24, 2.45) is 0 Å². The Kier molecular flexibility index (Phi) is 20.1. The first-order chi connectivity index (χ1) is 35.4. The van der Waals surface area contributed by atoms with Crippen LogP contribution in [-0.2, 0) is 24.4 Å². The molecule has 0 aliphatic carbocycles. The van der Waals surface area contributed by atoms with Gasteiger partial charge in [-0.2, -0.15) is 0 Å². The molecule has 1 saturated heterocycles. The van der Waals surface area contributed by atoms with E-state index in [1.54, 1.807) is 0 Å². The Labute approximate surface area is 454 Å². The van der Waals surface area contributed by atoms with Crippen LogP contribution in [0.15, 0.2) is 91.0 Å². The summed E-state index contributed by atoms with van der Waals surface area (Å²) in [4.78, 5) is 2.27. The molecule has 0 spiro atoms. The first kappa shape index (κ1) is 58.9. The van der Waals surface area contributed by atoms with Gasteiger partial charge in [0.2, 0.25) is 0 Å². The van der Waals surface area contributed by atoms with Crippen LogP contribution in [0.25, 0.3) is 33.4 Å². The summed E-state index contributed by atoms with van der Waals surface area (Å²) in [5.74, 6) is 3.44. The number of hydrogen-bond donors (Lipinski definition) is 3. The van der Waals surface area contributed by atoms with E-state index in [2.05, 4.69) is 202 Å². The Bertz CT molecular complexity index is 2470. The normalized spacial score (nSPS) is 13.1. The maximum absolute atomic E-state index is 12.6. The molecule has 1 fully saturated rings. The monoisotopic (exact) mass is 1010 g/mol. The zero-order valence-electron chi connectivity index (χ0n) is 49.5. The highest BCUT2D eigenvalue weighted by Gasteiger charge is 2.27. The van der Waals surface area contributed by atoms with Gasteiger partial charge in [-0.25, -0.2) is 0 Å². The molecule has 1 aliphatic rings. The molecule has 6 aromatic carbocycles. The predicted molar refractivity (Wildman–Crippen MR) is 320 cm³/mol. The second kappa shape index (κ2) is 25.7. The molecule has 0 atom stereocenters. The minimum atomic E-state index is 0.249. The molecular weight excluding hydrogens is 919 g/mol. The number of aromatic hydroxyl groups is 3. The maximum atomic E-state index is 12.6. The van der Waals surface area contributed by atoms with Crippen molar-refractivity contribution in [1.29, 1.82) is 0 Å². The van der Waals surface area contributed by atoms with Gasteiger partial charge in [0.25, 0.3) is 0 Å². The number of phenols is 3. The van der Waals surface area contributed by atoms with Crippen LogP contribution in [0.1, 0.15) is 257 Å². The van der Waals surface area contributed by atoms with Crippen molar-refractivity contribution in [1.82, 2.24) is 4.90 Å². The summed E-state index contributed by atoms with van der Waals surface area (Å²) < 4.78 is 4.94. The summed E-state index contributed by atoms with van der Waals surface area (Å²) in [6.07, 6.45) is 2.56. The largest absolute Gasteiger partial charge is 0.507 e. The minimum absolute atomic E-state index is 0.249. The number of para-hydroxylation sites is 3. The van der Waals surface area contributed by atoms with Crippen molar-refractivity contribution < 1.29 is 20.1 Å². The van der Waals surface area contributed by atoms with Crippen molar-refractivity contribution in [2.45, 2.75) is 210 Å². The maximum Gasteiger partial charge on any atom is 0.127 e. The number of nitrogens with zero attached hydrogens (tertiary/aromatic N) is 1. The van der Waals surface area contributed by atoms with E-state index in [1.165, 1.54) is 62.9 Å². The molecule has 3 N–H and O–H groups in total. The summed E-state index contributed by atoms with van der Waals surface area (Å²) in [6.45, 7) is 43.6. The van der Waals surface area contributed by atoms with Crippen molar-refractivity contribution in [3.63, 3.8) is 0 Å². The van der Waals surface area contributed by atoms with Gasteiger partial charge < -0.3 is 20.1 Å². The Hall–Kier alpha value is -5.36. The van der Waals surface area contributed by atoms with E-state index in [0.717, 1.165) is 63.3 Å². The molecule has 0 bridgehead atoms. The Balaban J connectivity index is 0.00000172. The van der Waals surface area contributed by atoms with E-state index in [9.17, 15) is 15.3 Å². The molecule has 404 valence electrons. The third-order valence-corrected chi connectivity index (χ3v) is 15.6. The predicted octanol–water partition coefficient (Wildman–Crippen LogP) is 19.9. The van der Waals surface area contributed by atoms with Crippen molar-refractivity contribution in [3.8, 4) is 50.6 Å². The fraction of sp³-hybridized carbons (Fsp3) is 0.486. The zero-order chi connectivity index (χ0) is 55.2. The third-order valence-electron chi connectivity index (χ3n) is 15.6. The van der Waals surface area contributed by atoms with E-state index in [-0.39, 0.29) is 52.8 Å². The van der Waals surface area contributed by atoms with Crippen molar-refractivity contribution in [3.05, 3.63) is 158 Å². The molecule has 0 aromatic heterocycles. The topological polar surface area (TPSA) is 73.2 Å². The Morgan fingerprint density at radius 1 is 0.347 bits per heavy atom. The van der Waals surface area contributed by atoms with Crippen LogP contribution < -0.4 is 0 Å². The van der Waals surface area contributed by atoms with Gasteiger partial charge in [0.05, 0.1) is 0 Å². The molecule has 0 amide bonds. The minimum Gasteiger partial charge on any atom is -0.507 e. The lowest BCUT2D eigenvalue weighted by molar-refractivity contribution is 0.198. The summed E-state index contributed by atoms with van der Waals surface area (Å²) in [5, 5.41) is 37.9. The summed E-state index contributed by atoms with van der Waals surface area (Å²) in [5.41, 5.74) is 19.7. The molecule has 5 nitrogen and oxygen atoms in total. The quantitative estimate of drug-likeness (QED) is 0.0800. The lowest BCUT2D eigenvalue weighted by Gasteiger charge is -2.28. The lowest BCUT2D eigenvalue weighted by atomic mass is 9.81. The van der Waals surface area contributed by atoms with Crippen LogP contribution in [0.4, 0.5) is 0 Å². The number of rotatable bonds is 18. The summed E-state index contributed by atoms with van der Waals surface area (Å²) in [6, 6.07) is 32.6. The van der Waals surface area contributed by atoms with Crippen LogP contribution in [-0.4, -0.2) is 33.4 Å². The van der Waals surface area contributed by atoms with Gasteiger partial charge in [-0.1, -0.05) is 216 Å². The molecule has 6 aromatic rings. The van der Waals surface area contributed by atoms with Crippen LogP contribution in [0.3, 0.4) is 0 Å². The summed E-state index contributed by atoms with van der Waals surface area (Å²) in [7, 11) is 0. The fourth-order valence-corrected chi connectivity index (χ4v) is 11.0. The summed E-state index contributed by atoms with van der Waals surface area (Å²) >= 11 is 0. The standard InChI is InChI=1S/C66H87NO3.C4H8O/c1-37(2)49-28-55(40(7)8)61(56(29-49)41(9)10)52-25-19-22-46(64(52)68)34-67(35-47-23-20-26-53(65(47)69)62-57(42(11)12)30-50(38(3)4)31-58(62)43(13)14)36-48-24-21-27-54(66(48)70)63-59(44(15)16)32-51(39(5)6)33-60(63)45(17)18;1-2-4-5-3-1/h19-33,37-45,68-70H,34-36H2,1-18H3;1-4H2. The van der Waals surface area contributed by atoms with Crippen molar-refractivity contribution >= 4 is 0 Å². The number of phenolic OH excluding ortho intramolecular Hbond substituents is 3. The fourth-order valence-electron chi connectivity index (χ4n) is 11.0. The zero-order valence-corrected chi connectivity index (χ0v) is 49.5. The van der Waals surface area contributed by atoms with Gasteiger partial charge in [-0.15, -0.1) is 0 Å². The highest BCUT2D eigenvalue weighted by atomic mass is 16.5. The van der Waals surface area contributed by atoms with Crippen LogP contribution in [0.2, 0.25) is 0 Å². The van der Waals surface area contributed by atoms with Gasteiger partial charge in [-0.3, -0.25) is 4.90 Å². The first-order valence-corrected chi connectivity index (χ1v) is 28.7. The highest BCUT2D eigenvalue weighted by molar-refractivity contribution is 5.81. The molecule has 0 saturated carbocycles. The van der Waals surface area contributed by atoms with Crippen LogP contribution in [0, 0.1) is 0 Å². The van der Waals surface area contributed by atoms with E-state index < -0.39 is 0 Å². The highest BCUT2D eigenvalue weighted by Crippen LogP contribution is 2.47. The molecule has 7 rings (SSSR count). The van der Waals surface area contributed by atoms with Crippen LogP contribution in [0.5, 0.6) is 17.2 Å². The number of hydrogen-bond acceptors (Lipinski definition) is 5. The molecule has 1 heterocycles. The SMILES string of the molecule is C1CCOC1.CC(C)c1cc(C(C)C)c(-c2cccc(CN(Cc3cccc(-c4c(C(C)C)cc(C(C)C)cc4C(C)C)c3O)Cc3cccc(-c4c(C(C)C)cc(C(C)C)cc4C(C)C)c3O)c2O)c(C(C)C)c1. The van der Waals surface area contributed by atoms with E-state index >= 15 is 0 Å². The first-order valence-electron chi connectivity index (χ1n) is 28.7. The average molecular weight is 1010 g/mol. The van der Waals surface area contributed by atoms with Crippen molar-refractivity contribution in [2.75, 3.05) is 13.2 Å². The smallest absolute Gasteiger partial charge is 0.127 e. The van der Waals surface area contributed by atoms with E-state index in [4.69, 9.17) is 4.74 Å². The van der Waals surface area contributed by atoms with Gasteiger partial charge >= 0.3 is 0 Å². The molecule has 0 radical (unpaired) electrons. The molecule has 5 heteroatoms. The van der Waals surface area contributed by atoms with Gasteiger partial charge in [-0.05, 0) is 133 Å². The molecule has 75 heavy (non-hydrogen) atoms. The second-order valence-corrected chi connectivity index (χ2v) is 24.5. The van der Waals surface area contributed by atoms with E-state index in [1.807, 2.05) is 18.2 Å².